The minimum Gasteiger partial charge on any atom is -0.359 e. The molecule has 5 heteroatoms. The Morgan fingerprint density at radius 2 is 2.22 bits per heavy atom. The third kappa shape index (κ3) is 3.80. The number of thiocarbonyl (C=S) groups is 1. The molecule has 0 aliphatic carbocycles. The van der Waals surface area contributed by atoms with Crippen LogP contribution in [0.4, 0.5) is 0 Å². The summed E-state index contributed by atoms with van der Waals surface area (Å²) in [6, 6.07) is 2.20. The molecule has 0 atom stereocenters. The average molecular weight is 281 g/mol. The van der Waals surface area contributed by atoms with Crippen LogP contribution in [0.15, 0.2) is 29.5 Å². The summed E-state index contributed by atoms with van der Waals surface area (Å²) in [5.74, 6) is 0. The van der Waals surface area contributed by atoms with Gasteiger partial charge in [-0.25, -0.2) is 0 Å². The van der Waals surface area contributed by atoms with Crippen molar-refractivity contribution in [1.29, 1.82) is 0 Å². The number of rotatable bonds is 4. The van der Waals surface area contributed by atoms with E-state index in [9.17, 15) is 0 Å². The lowest BCUT2D eigenvalue weighted by molar-refractivity contribution is 0.175. The lowest BCUT2D eigenvalue weighted by atomic mass is 10.2. The van der Waals surface area contributed by atoms with Crippen molar-refractivity contribution < 1.29 is 0 Å². The van der Waals surface area contributed by atoms with Gasteiger partial charge in [-0.2, -0.15) is 11.3 Å². The van der Waals surface area contributed by atoms with E-state index in [0.717, 1.165) is 44.4 Å². The molecule has 0 unspecified atom stereocenters. The topological polar surface area (TPSA) is 18.5 Å². The summed E-state index contributed by atoms with van der Waals surface area (Å²) in [5.41, 5.74) is 1.42. The first kappa shape index (κ1) is 13.5. The summed E-state index contributed by atoms with van der Waals surface area (Å²) in [6.45, 7) is 9.65. The first-order valence-corrected chi connectivity index (χ1v) is 7.52. The van der Waals surface area contributed by atoms with E-state index in [1.54, 1.807) is 11.3 Å². The predicted molar refractivity (Wildman–Crippen MR) is 82.0 cm³/mol. The molecule has 2 heterocycles. The van der Waals surface area contributed by atoms with Crippen LogP contribution in [-0.4, -0.2) is 47.6 Å². The Morgan fingerprint density at radius 3 is 2.83 bits per heavy atom. The summed E-state index contributed by atoms with van der Waals surface area (Å²) in [7, 11) is 0. The van der Waals surface area contributed by atoms with Crippen LogP contribution in [0, 0.1) is 0 Å². The van der Waals surface area contributed by atoms with Crippen molar-refractivity contribution in [2.75, 3.05) is 32.7 Å². The van der Waals surface area contributed by atoms with Crippen molar-refractivity contribution in [1.82, 2.24) is 15.1 Å². The van der Waals surface area contributed by atoms with Gasteiger partial charge in [0.2, 0.25) is 0 Å². The predicted octanol–water partition coefficient (Wildman–Crippen LogP) is 1.93. The van der Waals surface area contributed by atoms with Crippen molar-refractivity contribution in [3.8, 4) is 0 Å². The maximum absolute atomic E-state index is 5.34. The van der Waals surface area contributed by atoms with E-state index in [1.807, 2.05) is 6.08 Å². The second-order valence-electron chi connectivity index (χ2n) is 4.37. The highest BCUT2D eigenvalue weighted by atomic mass is 32.1. The number of nitrogens with one attached hydrogen (secondary N) is 1. The van der Waals surface area contributed by atoms with E-state index in [-0.39, 0.29) is 0 Å². The maximum Gasteiger partial charge on any atom is 0.169 e. The van der Waals surface area contributed by atoms with Gasteiger partial charge in [0.1, 0.15) is 0 Å². The summed E-state index contributed by atoms with van der Waals surface area (Å²) in [5, 5.41) is 8.40. The van der Waals surface area contributed by atoms with Gasteiger partial charge in [-0.15, -0.1) is 6.58 Å². The molecule has 1 aromatic rings. The molecule has 1 saturated heterocycles. The van der Waals surface area contributed by atoms with Crippen molar-refractivity contribution >= 4 is 28.7 Å². The minimum absolute atomic E-state index is 0.744. The summed E-state index contributed by atoms with van der Waals surface area (Å²) >= 11 is 7.11. The quantitative estimate of drug-likeness (QED) is 0.671. The SMILES string of the molecule is C=CCNC(=S)N1CCN(Cc2ccsc2)CC1. The monoisotopic (exact) mass is 281 g/mol. The molecular formula is C13H19N3S2. The van der Waals surface area contributed by atoms with Crippen molar-refractivity contribution in [3.05, 3.63) is 35.0 Å². The smallest absolute Gasteiger partial charge is 0.169 e. The molecule has 0 saturated carbocycles. The van der Waals surface area contributed by atoms with Crippen molar-refractivity contribution in [2.24, 2.45) is 0 Å². The Kier molecular flexibility index (Phi) is 5.16. The van der Waals surface area contributed by atoms with Gasteiger partial charge in [0.25, 0.3) is 0 Å². The fourth-order valence-corrected chi connectivity index (χ4v) is 2.95. The van der Waals surface area contributed by atoms with Gasteiger partial charge in [-0.05, 0) is 34.6 Å². The Morgan fingerprint density at radius 1 is 1.44 bits per heavy atom. The lowest BCUT2D eigenvalue weighted by Gasteiger charge is -2.36. The van der Waals surface area contributed by atoms with Gasteiger partial charge in [0.05, 0.1) is 0 Å². The number of piperazine rings is 1. The molecule has 1 aliphatic heterocycles. The molecule has 0 bridgehead atoms. The first-order valence-electron chi connectivity index (χ1n) is 6.16. The average Bonchev–Trinajstić information content (AvgIpc) is 2.89. The van der Waals surface area contributed by atoms with Gasteiger partial charge in [-0.3, -0.25) is 4.90 Å². The Bertz CT molecular complexity index is 381. The van der Waals surface area contributed by atoms with E-state index in [1.165, 1.54) is 5.56 Å². The normalized spacial score (nSPS) is 16.6. The molecule has 1 N–H and O–H groups in total. The van der Waals surface area contributed by atoms with Crippen LogP contribution in [0.1, 0.15) is 5.56 Å². The van der Waals surface area contributed by atoms with E-state index in [2.05, 4.69) is 38.5 Å². The van der Waals surface area contributed by atoms with E-state index in [4.69, 9.17) is 12.2 Å². The first-order chi connectivity index (χ1) is 8.79. The number of hydrogen-bond donors (Lipinski definition) is 1. The fraction of sp³-hybridized carbons (Fsp3) is 0.462. The molecule has 0 amide bonds. The fourth-order valence-electron chi connectivity index (χ4n) is 2.02. The van der Waals surface area contributed by atoms with Crippen LogP contribution < -0.4 is 5.32 Å². The summed E-state index contributed by atoms with van der Waals surface area (Å²) in [4.78, 5) is 4.72. The third-order valence-electron chi connectivity index (χ3n) is 3.04. The molecule has 0 spiro atoms. The van der Waals surface area contributed by atoms with Crippen LogP contribution in [-0.2, 0) is 6.54 Å². The van der Waals surface area contributed by atoms with Gasteiger partial charge in [0.15, 0.2) is 5.11 Å². The van der Waals surface area contributed by atoms with Crippen LogP contribution in [0.25, 0.3) is 0 Å². The largest absolute Gasteiger partial charge is 0.359 e. The van der Waals surface area contributed by atoms with E-state index < -0.39 is 0 Å². The highest BCUT2D eigenvalue weighted by molar-refractivity contribution is 7.80. The highest BCUT2D eigenvalue weighted by Gasteiger charge is 2.18. The number of hydrogen-bond acceptors (Lipinski definition) is 3. The summed E-state index contributed by atoms with van der Waals surface area (Å²) < 4.78 is 0. The minimum atomic E-state index is 0.744. The Labute approximate surface area is 118 Å². The number of thiophene rings is 1. The Balaban J connectivity index is 1.74. The Hall–Kier alpha value is -0.910. The van der Waals surface area contributed by atoms with E-state index >= 15 is 0 Å². The molecule has 0 aromatic carbocycles. The highest BCUT2D eigenvalue weighted by Crippen LogP contribution is 2.11. The van der Waals surface area contributed by atoms with Gasteiger partial charge < -0.3 is 10.2 Å². The zero-order valence-electron chi connectivity index (χ0n) is 10.5. The molecular weight excluding hydrogens is 262 g/mol. The standard InChI is InChI=1S/C13H19N3S2/c1-2-4-14-13(17)16-7-5-15(6-8-16)10-12-3-9-18-11-12/h2-3,9,11H,1,4-8,10H2,(H,14,17). The van der Waals surface area contributed by atoms with Crippen molar-refractivity contribution in [3.63, 3.8) is 0 Å². The molecule has 98 valence electrons. The third-order valence-corrected chi connectivity index (χ3v) is 4.18. The number of nitrogens with zero attached hydrogens (tertiary/aromatic N) is 2. The van der Waals surface area contributed by atoms with Crippen molar-refractivity contribution in [2.45, 2.75) is 6.54 Å². The summed E-state index contributed by atoms with van der Waals surface area (Å²) in [6.07, 6.45) is 1.83. The second-order valence-corrected chi connectivity index (χ2v) is 5.54. The zero-order chi connectivity index (χ0) is 12.8. The molecule has 1 aliphatic rings. The van der Waals surface area contributed by atoms with Crippen LogP contribution >= 0.6 is 23.6 Å². The molecule has 1 fully saturated rings. The second kappa shape index (κ2) is 6.87. The molecule has 2 rings (SSSR count). The van der Waals surface area contributed by atoms with Gasteiger partial charge in [0, 0.05) is 39.3 Å². The zero-order valence-corrected chi connectivity index (χ0v) is 12.1. The lowest BCUT2D eigenvalue weighted by Crippen LogP contribution is -2.51. The van der Waals surface area contributed by atoms with Gasteiger partial charge >= 0.3 is 0 Å². The molecule has 1 aromatic heterocycles. The molecule has 3 nitrogen and oxygen atoms in total. The molecule has 18 heavy (non-hydrogen) atoms. The van der Waals surface area contributed by atoms with E-state index in [0.29, 0.717) is 0 Å². The van der Waals surface area contributed by atoms with Gasteiger partial charge in [-0.1, -0.05) is 6.08 Å². The maximum atomic E-state index is 5.34. The van der Waals surface area contributed by atoms with Crippen LogP contribution in [0.5, 0.6) is 0 Å². The molecule has 0 radical (unpaired) electrons. The van der Waals surface area contributed by atoms with Crippen LogP contribution in [0.3, 0.4) is 0 Å². The van der Waals surface area contributed by atoms with Crippen LogP contribution in [0.2, 0.25) is 0 Å².